The zero-order chi connectivity index (χ0) is 13.8. The molecule has 3 N–H and O–H groups in total. The van der Waals surface area contributed by atoms with E-state index >= 15 is 0 Å². The fraction of sp³-hybridized carbons (Fsp3) is 0.200. The van der Waals surface area contributed by atoms with E-state index in [9.17, 15) is 10.2 Å². The summed E-state index contributed by atoms with van der Waals surface area (Å²) in [5.74, 6) is 0.148. The van der Waals surface area contributed by atoms with Crippen molar-refractivity contribution in [3.8, 4) is 11.5 Å². The van der Waals surface area contributed by atoms with Gasteiger partial charge in [0.25, 0.3) is 0 Å². The predicted molar refractivity (Wildman–Crippen MR) is 76.5 cm³/mol. The molecular formula is C15H16ClNO2. The third-order valence-electron chi connectivity index (χ3n) is 3.02. The molecule has 0 unspecified atom stereocenters. The maximum atomic E-state index is 9.70. The molecule has 4 heteroatoms. The van der Waals surface area contributed by atoms with Crippen LogP contribution in [0, 0.1) is 0 Å². The molecule has 2 rings (SSSR count). The van der Waals surface area contributed by atoms with Gasteiger partial charge >= 0.3 is 0 Å². The summed E-state index contributed by atoms with van der Waals surface area (Å²) in [6.45, 7) is 2.54. The maximum Gasteiger partial charge on any atom is 0.123 e. The highest BCUT2D eigenvalue weighted by Crippen LogP contribution is 2.23. The highest BCUT2D eigenvalue weighted by molar-refractivity contribution is 6.30. The molecule has 0 fully saturated rings. The number of nitrogens with one attached hydrogen (secondary N) is 1. The molecule has 0 radical (unpaired) electrons. The lowest BCUT2D eigenvalue weighted by Gasteiger charge is -2.15. The lowest BCUT2D eigenvalue weighted by Crippen LogP contribution is -2.18. The fourth-order valence-corrected chi connectivity index (χ4v) is 2.06. The first-order chi connectivity index (χ1) is 9.06. The van der Waals surface area contributed by atoms with E-state index < -0.39 is 0 Å². The quantitative estimate of drug-likeness (QED) is 0.800. The van der Waals surface area contributed by atoms with Gasteiger partial charge in [-0.25, -0.2) is 0 Å². The molecule has 0 amide bonds. The monoisotopic (exact) mass is 277 g/mol. The Bertz CT molecular complexity index is 572. The summed E-state index contributed by atoms with van der Waals surface area (Å²) in [5, 5.41) is 22.9. The number of rotatable bonds is 4. The van der Waals surface area contributed by atoms with Crippen molar-refractivity contribution in [2.45, 2.75) is 19.5 Å². The Kier molecular flexibility index (Phi) is 4.30. The largest absolute Gasteiger partial charge is 0.508 e. The summed E-state index contributed by atoms with van der Waals surface area (Å²) in [7, 11) is 0. The number of phenols is 2. The van der Waals surface area contributed by atoms with Crippen LogP contribution in [0.3, 0.4) is 0 Å². The van der Waals surface area contributed by atoms with E-state index in [1.165, 1.54) is 6.07 Å². The summed E-state index contributed by atoms with van der Waals surface area (Å²) in [5.41, 5.74) is 1.83. The highest BCUT2D eigenvalue weighted by Gasteiger charge is 2.07. The Balaban J connectivity index is 2.02. The van der Waals surface area contributed by atoms with Crippen LogP contribution in [0.1, 0.15) is 24.1 Å². The van der Waals surface area contributed by atoms with Crippen molar-refractivity contribution >= 4 is 11.6 Å². The molecule has 0 bridgehead atoms. The molecule has 2 aromatic carbocycles. The van der Waals surface area contributed by atoms with E-state index in [1.807, 2.05) is 31.2 Å². The number of benzene rings is 2. The van der Waals surface area contributed by atoms with Crippen LogP contribution >= 0.6 is 11.6 Å². The first kappa shape index (κ1) is 13.7. The van der Waals surface area contributed by atoms with Crippen LogP contribution in [0.15, 0.2) is 42.5 Å². The predicted octanol–water partition coefficient (Wildman–Crippen LogP) is 3.60. The molecule has 0 saturated carbocycles. The Morgan fingerprint density at radius 3 is 2.63 bits per heavy atom. The molecule has 0 saturated heterocycles. The van der Waals surface area contributed by atoms with Gasteiger partial charge in [0.2, 0.25) is 0 Å². The molecule has 0 aliphatic heterocycles. The zero-order valence-corrected chi connectivity index (χ0v) is 11.4. The average molecular weight is 278 g/mol. The van der Waals surface area contributed by atoms with Gasteiger partial charge in [-0.3, -0.25) is 0 Å². The normalized spacial score (nSPS) is 12.3. The highest BCUT2D eigenvalue weighted by atomic mass is 35.5. The minimum atomic E-state index is 0.0594. The molecule has 2 aromatic rings. The Morgan fingerprint density at radius 2 is 1.95 bits per heavy atom. The van der Waals surface area contributed by atoms with Gasteiger partial charge in [0, 0.05) is 29.2 Å². The van der Waals surface area contributed by atoms with Crippen molar-refractivity contribution in [3.05, 3.63) is 58.6 Å². The van der Waals surface area contributed by atoms with Crippen LogP contribution in [0.2, 0.25) is 5.02 Å². The fourth-order valence-electron chi connectivity index (χ4n) is 1.86. The van der Waals surface area contributed by atoms with Crippen molar-refractivity contribution in [1.29, 1.82) is 0 Å². The lowest BCUT2D eigenvalue weighted by molar-refractivity contribution is 0.441. The first-order valence-electron chi connectivity index (χ1n) is 6.06. The third kappa shape index (κ3) is 3.63. The smallest absolute Gasteiger partial charge is 0.123 e. The minimum Gasteiger partial charge on any atom is -0.508 e. The van der Waals surface area contributed by atoms with Gasteiger partial charge in [-0.05, 0) is 30.7 Å². The van der Waals surface area contributed by atoms with Gasteiger partial charge in [0.15, 0.2) is 0 Å². The number of halogens is 1. The molecule has 0 aliphatic rings. The van der Waals surface area contributed by atoms with Crippen LogP contribution in [0.25, 0.3) is 0 Å². The molecule has 0 spiro atoms. The molecule has 1 atom stereocenters. The van der Waals surface area contributed by atoms with Gasteiger partial charge in [0.05, 0.1) is 0 Å². The topological polar surface area (TPSA) is 52.5 Å². The van der Waals surface area contributed by atoms with Gasteiger partial charge in [0.1, 0.15) is 11.5 Å². The number of hydrogen-bond donors (Lipinski definition) is 3. The van der Waals surface area contributed by atoms with Crippen molar-refractivity contribution in [2.75, 3.05) is 0 Å². The minimum absolute atomic E-state index is 0.0594. The molecule has 0 aliphatic carbocycles. The van der Waals surface area contributed by atoms with Crippen molar-refractivity contribution in [3.63, 3.8) is 0 Å². The molecule has 100 valence electrons. The summed E-state index contributed by atoms with van der Waals surface area (Å²) >= 11 is 5.95. The molecule has 0 heterocycles. The van der Waals surface area contributed by atoms with Gasteiger partial charge < -0.3 is 15.5 Å². The second-order valence-electron chi connectivity index (χ2n) is 4.47. The van der Waals surface area contributed by atoms with E-state index in [1.54, 1.807) is 12.1 Å². The summed E-state index contributed by atoms with van der Waals surface area (Å²) < 4.78 is 0. The third-order valence-corrected chi connectivity index (χ3v) is 3.25. The number of aromatic hydroxyl groups is 2. The Labute approximate surface area is 117 Å². The van der Waals surface area contributed by atoms with Crippen LogP contribution in [-0.2, 0) is 6.54 Å². The average Bonchev–Trinajstić information content (AvgIpc) is 2.37. The van der Waals surface area contributed by atoms with Crippen LogP contribution in [-0.4, -0.2) is 10.2 Å². The SMILES string of the molecule is C[C@H](NCc1ccc(O)cc1O)c1cccc(Cl)c1. The summed E-state index contributed by atoms with van der Waals surface area (Å²) in [4.78, 5) is 0. The van der Waals surface area contributed by atoms with Gasteiger partial charge in [-0.2, -0.15) is 0 Å². The van der Waals surface area contributed by atoms with E-state index in [2.05, 4.69) is 5.32 Å². The van der Waals surface area contributed by atoms with Crippen LogP contribution < -0.4 is 5.32 Å². The van der Waals surface area contributed by atoms with E-state index in [-0.39, 0.29) is 17.5 Å². The van der Waals surface area contributed by atoms with Gasteiger partial charge in [-0.15, -0.1) is 0 Å². The Hall–Kier alpha value is -1.71. The van der Waals surface area contributed by atoms with Crippen molar-refractivity contribution in [1.82, 2.24) is 5.32 Å². The molecule has 19 heavy (non-hydrogen) atoms. The molecular weight excluding hydrogens is 262 g/mol. The maximum absolute atomic E-state index is 9.70. The van der Waals surface area contributed by atoms with Crippen molar-refractivity contribution < 1.29 is 10.2 Å². The zero-order valence-electron chi connectivity index (χ0n) is 10.6. The van der Waals surface area contributed by atoms with Crippen LogP contribution in [0.4, 0.5) is 0 Å². The number of hydrogen-bond acceptors (Lipinski definition) is 3. The second kappa shape index (κ2) is 5.95. The molecule has 3 nitrogen and oxygen atoms in total. The first-order valence-corrected chi connectivity index (χ1v) is 6.44. The van der Waals surface area contributed by atoms with Crippen molar-refractivity contribution in [2.24, 2.45) is 0 Å². The van der Waals surface area contributed by atoms with Gasteiger partial charge in [-0.1, -0.05) is 29.8 Å². The molecule has 0 aromatic heterocycles. The second-order valence-corrected chi connectivity index (χ2v) is 4.91. The standard InChI is InChI=1S/C15H16ClNO2/c1-10(11-3-2-4-13(16)7-11)17-9-12-5-6-14(18)8-15(12)19/h2-8,10,17-19H,9H2,1H3/t10-/m0/s1. The van der Waals surface area contributed by atoms with Crippen LogP contribution in [0.5, 0.6) is 11.5 Å². The van der Waals surface area contributed by atoms with E-state index in [0.717, 1.165) is 11.1 Å². The summed E-state index contributed by atoms with van der Waals surface area (Å²) in [6.07, 6.45) is 0. The Morgan fingerprint density at radius 1 is 1.16 bits per heavy atom. The lowest BCUT2D eigenvalue weighted by atomic mass is 10.1. The number of phenolic OH excluding ortho intramolecular Hbond substituents is 2. The van der Waals surface area contributed by atoms with E-state index in [4.69, 9.17) is 11.6 Å². The van der Waals surface area contributed by atoms with E-state index in [0.29, 0.717) is 11.6 Å². The summed E-state index contributed by atoms with van der Waals surface area (Å²) in [6, 6.07) is 12.4.